The molecule has 0 unspecified atom stereocenters. The molecule has 0 bridgehead atoms. The normalized spacial score (nSPS) is 20.5. The molecule has 1 aromatic carbocycles. The predicted octanol–water partition coefficient (Wildman–Crippen LogP) is 3.08. The number of carbonyl (C=O) groups excluding carboxylic acids is 1. The van der Waals surface area contributed by atoms with Crippen molar-refractivity contribution >= 4 is 5.91 Å². The molecular weight excluding hydrogens is 354 g/mol. The van der Waals surface area contributed by atoms with Crippen molar-refractivity contribution < 1.29 is 13.9 Å². The van der Waals surface area contributed by atoms with Crippen LogP contribution in [0.5, 0.6) is 5.75 Å². The number of likely N-dealkylation sites (tertiary alicyclic amines) is 2. The minimum atomic E-state index is 0.183. The minimum Gasteiger partial charge on any atom is -0.496 e. The third-order valence-corrected chi connectivity index (χ3v) is 5.81. The molecule has 6 nitrogen and oxygen atoms in total. The van der Waals surface area contributed by atoms with Gasteiger partial charge in [0.2, 0.25) is 5.91 Å². The third kappa shape index (κ3) is 4.38. The second-order valence-corrected chi connectivity index (χ2v) is 7.82. The monoisotopic (exact) mass is 383 g/mol. The van der Waals surface area contributed by atoms with Crippen molar-refractivity contribution in [1.29, 1.82) is 0 Å². The number of amides is 1. The molecule has 2 saturated heterocycles. The molecule has 0 saturated carbocycles. The first-order valence-corrected chi connectivity index (χ1v) is 10.3. The Morgan fingerprint density at radius 2 is 2.04 bits per heavy atom. The standard InChI is InChI=1S/C22H29N3O3/c1-27-20-9-3-2-7-17(20)13-19-14-23-22(28-19)18-8-6-12-25(15-18)21(26)16-24-10-4-5-11-24/h2-3,7,9,14,18H,4-6,8,10-13,15-16H2,1H3/t18-/m1/s1. The van der Waals surface area contributed by atoms with Gasteiger partial charge in [0.05, 0.1) is 25.8 Å². The molecule has 2 aliphatic heterocycles. The van der Waals surface area contributed by atoms with Crippen molar-refractivity contribution in [2.45, 2.75) is 38.0 Å². The number of oxazole rings is 1. The topological polar surface area (TPSA) is 58.8 Å². The number of ether oxygens (including phenoxy) is 1. The fourth-order valence-corrected chi connectivity index (χ4v) is 4.27. The number of hydrogen-bond acceptors (Lipinski definition) is 5. The van der Waals surface area contributed by atoms with Gasteiger partial charge in [0.15, 0.2) is 5.89 Å². The van der Waals surface area contributed by atoms with Gasteiger partial charge in [0, 0.05) is 25.1 Å². The maximum atomic E-state index is 12.7. The van der Waals surface area contributed by atoms with Crippen molar-refractivity contribution in [1.82, 2.24) is 14.8 Å². The molecule has 0 N–H and O–H groups in total. The Labute approximate surface area is 166 Å². The summed E-state index contributed by atoms with van der Waals surface area (Å²) in [5, 5.41) is 0. The van der Waals surface area contributed by atoms with Crippen molar-refractivity contribution in [2.75, 3.05) is 39.8 Å². The maximum Gasteiger partial charge on any atom is 0.236 e. The van der Waals surface area contributed by atoms with Crippen molar-refractivity contribution in [3.8, 4) is 5.75 Å². The lowest BCUT2D eigenvalue weighted by Gasteiger charge is -2.32. The Kier molecular flexibility index (Phi) is 5.95. The van der Waals surface area contributed by atoms with E-state index in [0.29, 0.717) is 19.5 Å². The molecule has 150 valence electrons. The molecule has 4 rings (SSSR count). The van der Waals surface area contributed by atoms with Crippen LogP contribution in [-0.4, -0.2) is 60.5 Å². The van der Waals surface area contributed by atoms with Crippen molar-refractivity contribution in [3.63, 3.8) is 0 Å². The summed E-state index contributed by atoms with van der Waals surface area (Å²) in [5.74, 6) is 2.87. The first kappa shape index (κ1) is 19.0. The van der Waals surface area contributed by atoms with Gasteiger partial charge in [-0.2, -0.15) is 0 Å². The summed E-state index contributed by atoms with van der Waals surface area (Å²) in [6.45, 7) is 4.21. The van der Waals surface area contributed by atoms with E-state index in [-0.39, 0.29) is 11.8 Å². The number of piperidine rings is 1. The van der Waals surface area contributed by atoms with E-state index < -0.39 is 0 Å². The zero-order valence-electron chi connectivity index (χ0n) is 16.6. The lowest BCUT2D eigenvalue weighted by molar-refractivity contribution is -0.133. The number of nitrogens with zero attached hydrogens (tertiary/aromatic N) is 3. The Morgan fingerprint density at radius 3 is 2.86 bits per heavy atom. The summed E-state index contributed by atoms with van der Waals surface area (Å²) in [4.78, 5) is 21.5. The van der Waals surface area contributed by atoms with Crippen LogP contribution in [-0.2, 0) is 11.2 Å². The number of rotatable bonds is 6. The Bertz CT molecular complexity index is 798. The van der Waals surface area contributed by atoms with Crippen LogP contribution in [0.1, 0.15) is 48.8 Å². The second-order valence-electron chi connectivity index (χ2n) is 7.82. The van der Waals surface area contributed by atoms with E-state index in [1.807, 2.05) is 35.4 Å². The van der Waals surface area contributed by atoms with E-state index in [1.165, 1.54) is 12.8 Å². The molecule has 0 spiro atoms. The molecule has 3 heterocycles. The van der Waals surface area contributed by atoms with Gasteiger partial charge in [-0.3, -0.25) is 9.69 Å². The molecule has 2 aliphatic rings. The van der Waals surface area contributed by atoms with E-state index in [2.05, 4.69) is 9.88 Å². The predicted molar refractivity (Wildman–Crippen MR) is 107 cm³/mol. The van der Waals surface area contributed by atoms with Gasteiger partial charge in [-0.15, -0.1) is 0 Å². The van der Waals surface area contributed by atoms with Crippen LogP contribution in [0.25, 0.3) is 0 Å². The van der Waals surface area contributed by atoms with Gasteiger partial charge < -0.3 is 14.1 Å². The SMILES string of the molecule is COc1ccccc1Cc1cnc([C@@H]2CCCN(C(=O)CN3CCCC3)C2)o1. The fourth-order valence-electron chi connectivity index (χ4n) is 4.27. The van der Waals surface area contributed by atoms with E-state index in [1.54, 1.807) is 7.11 Å². The first-order chi connectivity index (χ1) is 13.7. The summed E-state index contributed by atoms with van der Waals surface area (Å²) in [5.41, 5.74) is 1.08. The third-order valence-electron chi connectivity index (χ3n) is 5.81. The van der Waals surface area contributed by atoms with Gasteiger partial charge in [0.25, 0.3) is 0 Å². The molecule has 1 aromatic heterocycles. The van der Waals surface area contributed by atoms with Crippen LogP contribution in [0.3, 0.4) is 0 Å². The molecule has 28 heavy (non-hydrogen) atoms. The lowest BCUT2D eigenvalue weighted by atomic mass is 9.98. The first-order valence-electron chi connectivity index (χ1n) is 10.3. The molecule has 0 aliphatic carbocycles. The number of benzene rings is 1. The van der Waals surface area contributed by atoms with Gasteiger partial charge in [-0.05, 0) is 44.8 Å². The largest absolute Gasteiger partial charge is 0.496 e. The number of carbonyl (C=O) groups is 1. The minimum absolute atomic E-state index is 0.183. The number of para-hydroxylation sites is 1. The van der Waals surface area contributed by atoms with E-state index >= 15 is 0 Å². The van der Waals surface area contributed by atoms with Crippen LogP contribution in [0.2, 0.25) is 0 Å². The second kappa shape index (κ2) is 8.78. The highest BCUT2D eigenvalue weighted by Crippen LogP contribution is 2.28. The molecule has 6 heteroatoms. The van der Waals surface area contributed by atoms with E-state index in [4.69, 9.17) is 9.15 Å². The van der Waals surface area contributed by atoms with Crippen LogP contribution in [0.4, 0.5) is 0 Å². The molecule has 2 fully saturated rings. The zero-order chi connectivity index (χ0) is 19.3. The van der Waals surface area contributed by atoms with Gasteiger partial charge >= 0.3 is 0 Å². The molecular formula is C22H29N3O3. The zero-order valence-corrected chi connectivity index (χ0v) is 16.6. The summed E-state index contributed by atoms with van der Waals surface area (Å²) >= 11 is 0. The van der Waals surface area contributed by atoms with Gasteiger partial charge in [-0.25, -0.2) is 4.98 Å². The highest BCUT2D eigenvalue weighted by Gasteiger charge is 2.29. The summed E-state index contributed by atoms with van der Waals surface area (Å²) < 4.78 is 11.5. The summed E-state index contributed by atoms with van der Waals surface area (Å²) in [6.07, 6.45) is 6.90. The molecule has 2 aromatic rings. The number of methoxy groups -OCH3 is 1. The number of aromatic nitrogens is 1. The van der Waals surface area contributed by atoms with Crippen molar-refractivity contribution in [3.05, 3.63) is 47.7 Å². The highest BCUT2D eigenvalue weighted by molar-refractivity contribution is 5.78. The lowest BCUT2D eigenvalue weighted by Crippen LogP contribution is -2.44. The molecule has 1 amide bonds. The van der Waals surface area contributed by atoms with E-state index in [0.717, 1.165) is 55.4 Å². The van der Waals surface area contributed by atoms with Crippen LogP contribution in [0.15, 0.2) is 34.9 Å². The quantitative estimate of drug-likeness (QED) is 0.767. The maximum absolute atomic E-state index is 12.7. The number of hydrogen-bond donors (Lipinski definition) is 0. The Balaban J connectivity index is 1.38. The average Bonchev–Trinajstić information content (AvgIpc) is 3.41. The fraction of sp³-hybridized carbons (Fsp3) is 0.545. The summed E-state index contributed by atoms with van der Waals surface area (Å²) in [6, 6.07) is 7.96. The average molecular weight is 383 g/mol. The Hall–Kier alpha value is -2.34. The van der Waals surface area contributed by atoms with Crippen LogP contribution >= 0.6 is 0 Å². The van der Waals surface area contributed by atoms with Crippen LogP contribution < -0.4 is 4.74 Å². The summed E-state index contributed by atoms with van der Waals surface area (Å²) in [7, 11) is 1.68. The van der Waals surface area contributed by atoms with Crippen molar-refractivity contribution in [2.24, 2.45) is 0 Å². The van der Waals surface area contributed by atoms with Gasteiger partial charge in [0.1, 0.15) is 11.5 Å². The smallest absolute Gasteiger partial charge is 0.236 e. The molecule has 0 radical (unpaired) electrons. The van der Waals surface area contributed by atoms with Gasteiger partial charge in [-0.1, -0.05) is 18.2 Å². The Morgan fingerprint density at radius 1 is 1.21 bits per heavy atom. The molecule has 1 atom stereocenters. The van der Waals surface area contributed by atoms with E-state index in [9.17, 15) is 4.79 Å². The highest BCUT2D eigenvalue weighted by atomic mass is 16.5. The van der Waals surface area contributed by atoms with Crippen LogP contribution in [0, 0.1) is 0 Å².